The fourth-order valence-corrected chi connectivity index (χ4v) is 4.34. The highest BCUT2D eigenvalue weighted by molar-refractivity contribution is 5.00. The van der Waals surface area contributed by atoms with Gasteiger partial charge in [-0.05, 0) is 31.6 Å². The van der Waals surface area contributed by atoms with E-state index in [0.29, 0.717) is 18.8 Å². The van der Waals surface area contributed by atoms with Crippen LogP contribution in [0.4, 0.5) is 17.6 Å². The van der Waals surface area contributed by atoms with E-state index in [1.807, 2.05) is 6.92 Å². The van der Waals surface area contributed by atoms with Crippen molar-refractivity contribution in [2.45, 2.75) is 56.3 Å². The van der Waals surface area contributed by atoms with Gasteiger partial charge in [0.15, 0.2) is 5.79 Å². The molecule has 1 saturated heterocycles. The zero-order chi connectivity index (χ0) is 16.2. The molecule has 0 aromatic carbocycles. The van der Waals surface area contributed by atoms with Crippen LogP contribution >= 0.6 is 0 Å². The third-order valence-corrected chi connectivity index (χ3v) is 5.53. The van der Waals surface area contributed by atoms with Crippen LogP contribution in [0.1, 0.15) is 32.6 Å². The van der Waals surface area contributed by atoms with Gasteiger partial charge in [-0.1, -0.05) is 6.92 Å². The molecule has 4 atom stereocenters. The third-order valence-electron chi connectivity index (χ3n) is 5.53. The van der Waals surface area contributed by atoms with Crippen LogP contribution in [0.3, 0.4) is 0 Å². The normalized spacial score (nSPS) is 42.8. The van der Waals surface area contributed by atoms with E-state index in [0.717, 1.165) is 12.8 Å². The summed E-state index contributed by atoms with van der Waals surface area (Å²) in [4.78, 5) is 0. The van der Waals surface area contributed by atoms with Crippen molar-refractivity contribution < 1.29 is 31.8 Å². The Balaban J connectivity index is 1.87. The Morgan fingerprint density at radius 1 is 0.909 bits per heavy atom. The van der Waals surface area contributed by atoms with Crippen molar-refractivity contribution in [3.63, 3.8) is 0 Å². The molecule has 1 aliphatic heterocycles. The highest BCUT2D eigenvalue weighted by Gasteiger charge is 2.64. The number of methoxy groups -OCH3 is 1. The van der Waals surface area contributed by atoms with Gasteiger partial charge in [-0.2, -0.15) is 17.6 Å². The monoisotopic (exact) mass is 326 g/mol. The molecule has 2 bridgehead atoms. The predicted octanol–water partition coefficient (Wildman–Crippen LogP) is 3.47. The molecule has 0 aromatic rings. The van der Waals surface area contributed by atoms with Crippen LogP contribution in [0.25, 0.3) is 0 Å². The van der Waals surface area contributed by atoms with Crippen molar-refractivity contribution in [1.82, 2.24) is 0 Å². The quantitative estimate of drug-likeness (QED) is 0.691. The first-order valence-electron chi connectivity index (χ1n) is 7.76. The second kappa shape index (κ2) is 5.31. The van der Waals surface area contributed by atoms with E-state index in [1.165, 1.54) is 0 Å². The molecule has 0 aromatic heterocycles. The van der Waals surface area contributed by atoms with Crippen molar-refractivity contribution in [3.05, 3.63) is 0 Å². The SMILES string of the molecule is COC1CC2CC(C)C3(OCC(F)(F)C(F)(F)CO3)C(C2)C1. The first-order chi connectivity index (χ1) is 10.2. The molecule has 2 saturated carbocycles. The lowest BCUT2D eigenvalue weighted by atomic mass is 9.64. The molecule has 3 nitrogen and oxygen atoms in total. The van der Waals surface area contributed by atoms with Gasteiger partial charge >= 0.3 is 11.8 Å². The highest BCUT2D eigenvalue weighted by Crippen LogP contribution is 2.54. The van der Waals surface area contributed by atoms with Gasteiger partial charge in [0, 0.05) is 18.9 Å². The predicted molar refractivity (Wildman–Crippen MR) is 69.9 cm³/mol. The second-order valence-electron chi connectivity index (χ2n) is 6.97. The van der Waals surface area contributed by atoms with Gasteiger partial charge < -0.3 is 14.2 Å². The van der Waals surface area contributed by atoms with Crippen LogP contribution in [-0.4, -0.2) is 44.1 Å². The van der Waals surface area contributed by atoms with E-state index in [1.54, 1.807) is 7.11 Å². The largest absolute Gasteiger partial charge is 0.381 e. The molecule has 0 radical (unpaired) electrons. The summed E-state index contributed by atoms with van der Waals surface area (Å²) in [5.74, 6) is -9.74. The number of alkyl halides is 4. The summed E-state index contributed by atoms with van der Waals surface area (Å²) < 4.78 is 70.5. The molecule has 0 N–H and O–H groups in total. The Morgan fingerprint density at radius 3 is 2.05 bits per heavy atom. The van der Waals surface area contributed by atoms with Gasteiger partial charge in [-0.3, -0.25) is 0 Å². The van der Waals surface area contributed by atoms with Gasteiger partial charge in [0.2, 0.25) is 0 Å². The smallest absolute Gasteiger partial charge is 0.335 e. The van der Waals surface area contributed by atoms with Gasteiger partial charge in [0.05, 0.1) is 6.10 Å². The molecule has 128 valence electrons. The average Bonchev–Trinajstić information content (AvgIpc) is 2.54. The summed E-state index contributed by atoms with van der Waals surface area (Å²) in [6.07, 6.45) is 2.98. The van der Waals surface area contributed by atoms with Crippen LogP contribution in [0, 0.1) is 17.8 Å². The fourth-order valence-electron chi connectivity index (χ4n) is 4.34. The zero-order valence-electron chi connectivity index (χ0n) is 12.8. The molecule has 1 heterocycles. The molecule has 3 rings (SSSR count). The van der Waals surface area contributed by atoms with Crippen molar-refractivity contribution >= 4 is 0 Å². The first-order valence-corrected chi connectivity index (χ1v) is 7.76. The summed E-state index contributed by atoms with van der Waals surface area (Å²) in [6, 6.07) is 0. The van der Waals surface area contributed by atoms with E-state index >= 15 is 0 Å². The molecule has 7 heteroatoms. The van der Waals surface area contributed by atoms with Crippen LogP contribution in [0.2, 0.25) is 0 Å². The maximum Gasteiger partial charge on any atom is 0.335 e. The fraction of sp³-hybridized carbons (Fsp3) is 1.00. The zero-order valence-corrected chi connectivity index (χ0v) is 12.8. The molecule has 22 heavy (non-hydrogen) atoms. The van der Waals surface area contributed by atoms with Crippen LogP contribution < -0.4 is 0 Å². The topological polar surface area (TPSA) is 27.7 Å². The molecule has 2 aliphatic carbocycles. The molecular weight excluding hydrogens is 304 g/mol. The van der Waals surface area contributed by atoms with Crippen LogP contribution in [0.15, 0.2) is 0 Å². The first kappa shape index (κ1) is 16.5. The Labute approximate surface area is 127 Å². The van der Waals surface area contributed by atoms with Crippen molar-refractivity contribution in [1.29, 1.82) is 0 Å². The van der Waals surface area contributed by atoms with E-state index in [-0.39, 0.29) is 17.9 Å². The standard InChI is InChI=1S/C15H22F4O3/c1-9-3-10-4-11(6-12(5-10)20-2)15(9)21-7-13(16,17)14(18,19)8-22-15/h9-12H,3-8H2,1-2H3. The molecule has 3 fully saturated rings. The summed E-state index contributed by atoms with van der Waals surface area (Å²) in [6.45, 7) is -0.764. The van der Waals surface area contributed by atoms with Gasteiger partial charge in [0.25, 0.3) is 0 Å². The molecule has 1 spiro atoms. The number of hydrogen-bond donors (Lipinski definition) is 0. The second-order valence-corrected chi connectivity index (χ2v) is 6.97. The van der Waals surface area contributed by atoms with Gasteiger partial charge in [-0.25, -0.2) is 0 Å². The minimum absolute atomic E-state index is 0.00426. The Bertz CT molecular complexity index is 409. The van der Waals surface area contributed by atoms with E-state index in [9.17, 15) is 17.6 Å². The molecule has 3 aliphatic rings. The Hall–Kier alpha value is -0.400. The Kier molecular flexibility index (Phi) is 3.97. The van der Waals surface area contributed by atoms with Crippen LogP contribution in [-0.2, 0) is 14.2 Å². The maximum atomic E-state index is 13.6. The van der Waals surface area contributed by atoms with E-state index in [2.05, 4.69) is 0 Å². The number of fused-ring (bicyclic) bond motifs is 3. The van der Waals surface area contributed by atoms with Crippen molar-refractivity contribution in [2.24, 2.45) is 17.8 Å². The van der Waals surface area contributed by atoms with E-state index < -0.39 is 30.8 Å². The molecule has 0 amide bonds. The lowest BCUT2D eigenvalue weighted by Gasteiger charge is -2.53. The summed E-state index contributed by atoms with van der Waals surface area (Å²) in [7, 11) is 1.61. The summed E-state index contributed by atoms with van der Waals surface area (Å²) in [5.41, 5.74) is 0. The van der Waals surface area contributed by atoms with Crippen LogP contribution in [0.5, 0.6) is 0 Å². The van der Waals surface area contributed by atoms with Gasteiger partial charge in [0.1, 0.15) is 13.2 Å². The summed E-state index contributed by atoms with van der Waals surface area (Å²) in [5, 5.41) is 0. The number of ether oxygens (including phenoxy) is 3. The van der Waals surface area contributed by atoms with Crippen molar-refractivity contribution in [3.8, 4) is 0 Å². The average molecular weight is 326 g/mol. The molecule has 4 unspecified atom stereocenters. The molecular formula is C15H22F4O3. The minimum Gasteiger partial charge on any atom is -0.381 e. The lowest BCUT2D eigenvalue weighted by molar-refractivity contribution is -0.317. The summed E-state index contributed by atoms with van der Waals surface area (Å²) >= 11 is 0. The maximum absolute atomic E-state index is 13.6. The van der Waals surface area contributed by atoms with Gasteiger partial charge in [-0.15, -0.1) is 0 Å². The van der Waals surface area contributed by atoms with Crippen molar-refractivity contribution in [2.75, 3.05) is 20.3 Å². The number of halogens is 4. The third kappa shape index (κ3) is 2.45. The minimum atomic E-state index is -4.21. The van der Waals surface area contributed by atoms with E-state index in [4.69, 9.17) is 14.2 Å². The lowest BCUT2D eigenvalue weighted by Crippen LogP contribution is -2.56. The Morgan fingerprint density at radius 2 is 1.50 bits per heavy atom. The number of rotatable bonds is 1. The number of hydrogen-bond acceptors (Lipinski definition) is 3. The highest BCUT2D eigenvalue weighted by atomic mass is 19.3.